The van der Waals surface area contributed by atoms with E-state index in [1.54, 1.807) is 12.1 Å². The Balaban J connectivity index is 2.69. The first-order valence-corrected chi connectivity index (χ1v) is 7.37. The Morgan fingerprint density at radius 3 is 2.64 bits per heavy atom. The zero-order valence-corrected chi connectivity index (χ0v) is 13.7. The minimum absolute atomic E-state index is 0.0954. The van der Waals surface area contributed by atoms with Gasteiger partial charge in [-0.05, 0) is 25.0 Å². The van der Waals surface area contributed by atoms with E-state index in [9.17, 15) is 9.59 Å². The van der Waals surface area contributed by atoms with Crippen LogP contribution in [0.25, 0.3) is 0 Å². The number of aliphatic carboxylic acids is 1. The van der Waals surface area contributed by atoms with Gasteiger partial charge in [0.2, 0.25) is 5.91 Å². The average molecular weight is 329 g/mol. The number of anilines is 1. The number of nitrogens with one attached hydrogen (secondary N) is 2. The van der Waals surface area contributed by atoms with Gasteiger partial charge in [0, 0.05) is 11.1 Å². The van der Waals surface area contributed by atoms with Gasteiger partial charge in [-0.2, -0.15) is 0 Å². The van der Waals surface area contributed by atoms with Gasteiger partial charge in [-0.25, -0.2) is 0 Å². The Morgan fingerprint density at radius 2 is 2.09 bits per heavy atom. The van der Waals surface area contributed by atoms with E-state index in [1.165, 1.54) is 7.11 Å². The summed E-state index contributed by atoms with van der Waals surface area (Å²) in [7, 11) is 1.48. The summed E-state index contributed by atoms with van der Waals surface area (Å²) < 4.78 is 5.17. The van der Waals surface area contributed by atoms with Gasteiger partial charge in [0.05, 0.1) is 19.3 Å². The normalized spacial score (nSPS) is 11.8. The van der Waals surface area contributed by atoms with Crippen molar-refractivity contribution in [3.8, 4) is 5.75 Å². The van der Waals surface area contributed by atoms with Crippen LogP contribution in [0.3, 0.4) is 0 Å². The molecule has 0 bridgehead atoms. The summed E-state index contributed by atoms with van der Waals surface area (Å²) in [5, 5.41) is 15.0. The van der Waals surface area contributed by atoms with E-state index >= 15 is 0 Å². The van der Waals surface area contributed by atoms with Gasteiger partial charge < -0.3 is 15.2 Å². The van der Waals surface area contributed by atoms with E-state index in [4.69, 9.17) is 21.4 Å². The summed E-state index contributed by atoms with van der Waals surface area (Å²) in [5.74, 6) is -0.857. The topological polar surface area (TPSA) is 87.7 Å². The van der Waals surface area contributed by atoms with Gasteiger partial charge in [-0.1, -0.05) is 24.9 Å². The van der Waals surface area contributed by atoms with Crippen molar-refractivity contribution in [3.05, 3.63) is 22.7 Å². The molecule has 1 amide bonds. The van der Waals surface area contributed by atoms with Gasteiger partial charge in [0.1, 0.15) is 11.8 Å². The number of benzene rings is 1. The fraction of sp³-hybridized carbons (Fsp3) is 0.467. The van der Waals surface area contributed by atoms with Crippen LogP contribution in [0, 0.1) is 6.92 Å². The third-order valence-corrected chi connectivity index (χ3v) is 3.55. The third-order valence-electron chi connectivity index (χ3n) is 3.14. The highest BCUT2D eigenvalue weighted by molar-refractivity contribution is 6.31. The van der Waals surface area contributed by atoms with Crippen LogP contribution in [0.4, 0.5) is 5.69 Å². The predicted octanol–water partition coefficient (Wildman–Crippen LogP) is 2.44. The maximum absolute atomic E-state index is 12.0. The first-order chi connectivity index (χ1) is 10.4. The quantitative estimate of drug-likeness (QED) is 0.682. The van der Waals surface area contributed by atoms with Crippen molar-refractivity contribution in [1.29, 1.82) is 0 Å². The highest BCUT2D eigenvalue weighted by atomic mass is 35.5. The molecule has 0 saturated carbocycles. The van der Waals surface area contributed by atoms with Crippen LogP contribution in [0.5, 0.6) is 5.75 Å². The molecule has 1 unspecified atom stereocenters. The minimum atomic E-state index is -0.963. The Hall–Kier alpha value is -1.79. The molecule has 0 aliphatic carbocycles. The lowest BCUT2D eigenvalue weighted by Crippen LogP contribution is -2.41. The number of carbonyl (C=O) groups is 2. The fourth-order valence-electron chi connectivity index (χ4n) is 1.94. The number of hydrogen-bond acceptors (Lipinski definition) is 4. The summed E-state index contributed by atoms with van der Waals surface area (Å²) in [4.78, 5) is 23.0. The average Bonchev–Trinajstić information content (AvgIpc) is 2.46. The first kappa shape index (κ1) is 18.3. The monoisotopic (exact) mass is 328 g/mol. The van der Waals surface area contributed by atoms with Crippen molar-refractivity contribution in [2.75, 3.05) is 19.0 Å². The van der Waals surface area contributed by atoms with Crippen LogP contribution < -0.4 is 15.4 Å². The smallest absolute Gasteiger partial charge is 0.320 e. The van der Waals surface area contributed by atoms with E-state index in [0.29, 0.717) is 22.9 Å². The molecule has 0 aliphatic rings. The Bertz CT molecular complexity index is 549. The summed E-state index contributed by atoms with van der Waals surface area (Å²) in [6, 6.07) is 2.60. The molecule has 0 aromatic heterocycles. The lowest BCUT2D eigenvalue weighted by molar-refractivity contribution is -0.139. The minimum Gasteiger partial charge on any atom is -0.495 e. The Kier molecular flexibility index (Phi) is 7.14. The van der Waals surface area contributed by atoms with Gasteiger partial charge in [-0.15, -0.1) is 0 Å². The van der Waals surface area contributed by atoms with Crippen LogP contribution >= 0.6 is 11.6 Å². The number of carbonyl (C=O) groups excluding carboxylic acids is 1. The largest absolute Gasteiger partial charge is 0.495 e. The van der Waals surface area contributed by atoms with Crippen molar-refractivity contribution in [2.24, 2.45) is 0 Å². The van der Waals surface area contributed by atoms with Crippen LogP contribution in [0.2, 0.25) is 5.02 Å². The van der Waals surface area contributed by atoms with Crippen LogP contribution in [0.1, 0.15) is 25.3 Å². The van der Waals surface area contributed by atoms with E-state index in [0.717, 1.165) is 12.0 Å². The number of methoxy groups -OCH3 is 1. The van der Waals surface area contributed by atoms with Crippen molar-refractivity contribution >= 4 is 29.2 Å². The van der Waals surface area contributed by atoms with Crippen LogP contribution in [-0.4, -0.2) is 36.7 Å². The molecule has 22 heavy (non-hydrogen) atoms. The molecule has 0 radical (unpaired) electrons. The van der Waals surface area contributed by atoms with Crippen LogP contribution in [0.15, 0.2) is 12.1 Å². The molecule has 0 aliphatic heterocycles. The van der Waals surface area contributed by atoms with Gasteiger partial charge in [0.15, 0.2) is 0 Å². The van der Waals surface area contributed by atoms with Crippen LogP contribution in [-0.2, 0) is 9.59 Å². The SMILES string of the molecule is CCCC(NCC(=O)Nc1cc(C)c(Cl)cc1OC)C(=O)O. The van der Waals surface area contributed by atoms with Gasteiger partial charge in [0.25, 0.3) is 0 Å². The number of hydrogen-bond donors (Lipinski definition) is 3. The molecule has 0 heterocycles. The molecule has 7 heteroatoms. The fourth-order valence-corrected chi connectivity index (χ4v) is 2.10. The maximum atomic E-state index is 12.0. The van der Waals surface area contributed by atoms with E-state index in [2.05, 4.69) is 10.6 Å². The van der Waals surface area contributed by atoms with Crippen molar-refractivity contribution in [2.45, 2.75) is 32.7 Å². The Labute approximate surface area is 134 Å². The summed E-state index contributed by atoms with van der Waals surface area (Å²) >= 11 is 6.00. The van der Waals surface area contributed by atoms with Gasteiger partial charge >= 0.3 is 5.97 Å². The molecule has 122 valence electrons. The molecular formula is C15H21ClN2O4. The molecule has 1 aromatic carbocycles. The zero-order valence-electron chi connectivity index (χ0n) is 12.9. The maximum Gasteiger partial charge on any atom is 0.320 e. The summed E-state index contributed by atoms with van der Waals surface area (Å²) in [5.41, 5.74) is 1.30. The number of halogens is 1. The Morgan fingerprint density at radius 1 is 1.41 bits per heavy atom. The number of aryl methyl sites for hydroxylation is 1. The molecule has 6 nitrogen and oxygen atoms in total. The zero-order chi connectivity index (χ0) is 16.7. The highest BCUT2D eigenvalue weighted by Gasteiger charge is 2.17. The third kappa shape index (κ3) is 5.20. The first-order valence-electron chi connectivity index (χ1n) is 6.99. The molecule has 0 spiro atoms. The van der Waals surface area contributed by atoms with Crippen molar-refractivity contribution in [3.63, 3.8) is 0 Å². The second-order valence-electron chi connectivity index (χ2n) is 4.91. The van der Waals surface area contributed by atoms with Crippen molar-refractivity contribution in [1.82, 2.24) is 5.32 Å². The lowest BCUT2D eigenvalue weighted by Gasteiger charge is -2.15. The van der Waals surface area contributed by atoms with E-state index in [-0.39, 0.29) is 12.5 Å². The van der Waals surface area contributed by atoms with Crippen molar-refractivity contribution < 1.29 is 19.4 Å². The number of ether oxygens (including phenoxy) is 1. The van der Waals surface area contributed by atoms with E-state index < -0.39 is 12.0 Å². The molecule has 3 N–H and O–H groups in total. The molecular weight excluding hydrogens is 308 g/mol. The lowest BCUT2D eigenvalue weighted by atomic mass is 10.1. The molecule has 0 saturated heterocycles. The second kappa shape index (κ2) is 8.60. The number of amides is 1. The summed E-state index contributed by atoms with van der Waals surface area (Å²) in [6.07, 6.45) is 1.18. The molecule has 1 rings (SSSR count). The number of carboxylic acids is 1. The molecule has 0 fully saturated rings. The summed E-state index contributed by atoms with van der Waals surface area (Å²) in [6.45, 7) is 3.61. The number of carboxylic acid groups (broad SMARTS) is 1. The predicted molar refractivity (Wildman–Crippen MR) is 85.7 cm³/mol. The number of rotatable bonds is 8. The van der Waals surface area contributed by atoms with E-state index in [1.807, 2.05) is 13.8 Å². The molecule has 1 atom stereocenters. The van der Waals surface area contributed by atoms with Gasteiger partial charge in [-0.3, -0.25) is 14.9 Å². The molecule has 1 aromatic rings. The second-order valence-corrected chi connectivity index (χ2v) is 5.32. The highest BCUT2D eigenvalue weighted by Crippen LogP contribution is 2.30. The standard InChI is InChI=1S/C15H21ClN2O4/c1-4-5-11(15(20)21)17-8-14(19)18-12-6-9(2)10(16)7-13(12)22-3/h6-7,11,17H,4-5,8H2,1-3H3,(H,18,19)(H,20,21).